The molecular formula is C9H13NO. The van der Waals surface area contributed by atoms with Crippen LogP contribution in [0.2, 0.25) is 0 Å². The molecule has 2 bridgehead atoms. The second-order valence-electron chi connectivity index (χ2n) is 3.50. The van der Waals surface area contributed by atoms with Crippen LogP contribution in [0.25, 0.3) is 0 Å². The largest absolute Gasteiger partial charge is 0.359 e. The van der Waals surface area contributed by atoms with Crippen molar-refractivity contribution in [3.63, 3.8) is 0 Å². The van der Waals surface area contributed by atoms with Gasteiger partial charge in [-0.1, -0.05) is 12.2 Å². The molecule has 0 aromatic carbocycles. The van der Waals surface area contributed by atoms with Crippen LogP contribution in [-0.2, 0) is 4.79 Å². The van der Waals surface area contributed by atoms with Crippen molar-refractivity contribution in [2.45, 2.75) is 12.8 Å². The van der Waals surface area contributed by atoms with Crippen LogP contribution < -0.4 is 5.32 Å². The number of fused-ring (bicyclic) bond motifs is 2. The number of rotatable bonds is 1. The molecule has 1 saturated carbocycles. The first-order valence-electron chi connectivity index (χ1n) is 4.21. The molecule has 1 fully saturated rings. The van der Waals surface area contributed by atoms with Crippen molar-refractivity contribution in [1.82, 2.24) is 5.32 Å². The van der Waals surface area contributed by atoms with Crippen molar-refractivity contribution in [2.24, 2.45) is 17.8 Å². The second kappa shape index (κ2) is 2.36. The van der Waals surface area contributed by atoms with Crippen LogP contribution >= 0.6 is 0 Å². The van der Waals surface area contributed by atoms with Crippen LogP contribution in [-0.4, -0.2) is 13.0 Å². The van der Waals surface area contributed by atoms with Crippen LogP contribution in [0.3, 0.4) is 0 Å². The number of hydrogen-bond acceptors (Lipinski definition) is 1. The lowest BCUT2D eigenvalue weighted by Crippen LogP contribution is -2.29. The Labute approximate surface area is 66.7 Å². The lowest BCUT2D eigenvalue weighted by molar-refractivity contribution is -0.125. The van der Waals surface area contributed by atoms with Crippen LogP contribution in [0.5, 0.6) is 0 Å². The van der Waals surface area contributed by atoms with E-state index in [1.165, 1.54) is 6.42 Å². The van der Waals surface area contributed by atoms with Gasteiger partial charge < -0.3 is 5.32 Å². The summed E-state index contributed by atoms with van der Waals surface area (Å²) in [4.78, 5) is 11.3. The van der Waals surface area contributed by atoms with Gasteiger partial charge in [0.25, 0.3) is 0 Å². The van der Waals surface area contributed by atoms with Crippen molar-refractivity contribution in [3.05, 3.63) is 12.2 Å². The number of amides is 1. The molecule has 0 radical (unpaired) electrons. The van der Waals surface area contributed by atoms with Gasteiger partial charge >= 0.3 is 0 Å². The van der Waals surface area contributed by atoms with Crippen molar-refractivity contribution < 1.29 is 4.79 Å². The van der Waals surface area contributed by atoms with Gasteiger partial charge in [0.2, 0.25) is 5.91 Å². The summed E-state index contributed by atoms with van der Waals surface area (Å²) in [5.41, 5.74) is 0. The van der Waals surface area contributed by atoms with Gasteiger partial charge in [0, 0.05) is 13.0 Å². The number of carbonyl (C=O) groups is 1. The van der Waals surface area contributed by atoms with Crippen LogP contribution in [0, 0.1) is 17.8 Å². The minimum absolute atomic E-state index is 0.224. The Morgan fingerprint density at radius 2 is 2.27 bits per heavy atom. The SMILES string of the molecule is CNC(=O)C1C[C@@H]2C=C[C@H]1C2. The predicted molar refractivity (Wildman–Crippen MR) is 42.9 cm³/mol. The van der Waals surface area contributed by atoms with Crippen LogP contribution in [0.1, 0.15) is 12.8 Å². The molecule has 60 valence electrons. The molecule has 1 amide bonds. The first-order valence-corrected chi connectivity index (χ1v) is 4.21. The zero-order chi connectivity index (χ0) is 7.84. The zero-order valence-electron chi connectivity index (χ0n) is 6.71. The van der Waals surface area contributed by atoms with Gasteiger partial charge in [-0.3, -0.25) is 4.79 Å². The zero-order valence-corrected chi connectivity index (χ0v) is 6.71. The Hall–Kier alpha value is -0.790. The smallest absolute Gasteiger partial charge is 0.223 e. The van der Waals surface area contributed by atoms with Crippen molar-refractivity contribution in [2.75, 3.05) is 7.05 Å². The molecule has 11 heavy (non-hydrogen) atoms. The highest BCUT2D eigenvalue weighted by Gasteiger charge is 2.39. The van der Waals surface area contributed by atoms with E-state index in [9.17, 15) is 4.79 Å². The fourth-order valence-corrected chi connectivity index (χ4v) is 2.27. The molecular weight excluding hydrogens is 138 g/mol. The fraction of sp³-hybridized carbons (Fsp3) is 0.667. The second-order valence-corrected chi connectivity index (χ2v) is 3.50. The quantitative estimate of drug-likeness (QED) is 0.555. The molecule has 2 heteroatoms. The van der Waals surface area contributed by atoms with E-state index < -0.39 is 0 Å². The van der Waals surface area contributed by atoms with E-state index in [1.54, 1.807) is 7.05 Å². The highest BCUT2D eigenvalue weighted by Crippen LogP contribution is 2.43. The summed E-state index contributed by atoms with van der Waals surface area (Å²) in [6, 6.07) is 0. The molecule has 2 nitrogen and oxygen atoms in total. The third kappa shape index (κ3) is 0.971. The first kappa shape index (κ1) is 6.89. The molecule has 3 atom stereocenters. The topological polar surface area (TPSA) is 29.1 Å². The molecule has 2 aliphatic rings. The number of hydrogen-bond donors (Lipinski definition) is 1. The molecule has 0 spiro atoms. The molecule has 0 aromatic heterocycles. The summed E-state index contributed by atoms with van der Waals surface area (Å²) in [6.07, 6.45) is 6.73. The van der Waals surface area contributed by atoms with E-state index in [1.807, 2.05) is 0 Å². The maximum absolute atomic E-state index is 11.3. The average Bonchev–Trinajstić information content (AvgIpc) is 2.62. The van der Waals surface area contributed by atoms with Crippen LogP contribution in [0.15, 0.2) is 12.2 Å². The Kier molecular flexibility index (Phi) is 1.48. The van der Waals surface area contributed by atoms with Crippen LogP contribution in [0.4, 0.5) is 0 Å². The first-order chi connectivity index (χ1) is 5.31. The standard InChI is InChI=1S/C9H13NO/c1-10-9(11)8-5-6-2-3-7(8)4-6/h2-3,6-8H,4-5H2,1H3,(H,10,11)/t6-,7+,8?/m1/s1. The predicted octanol–water partition coefficient (Wildman–Crippen LogP) is 0.945. The molecule has 1 unspecified atom stereocenters. The van der Waals surface area contributed by atoms with Crippen molar-refractivity contribution in [1.29, 1.82) is 0 Å². The maximum atomic E-state index is 11.3. The summed E-state index contributed by atoms with van der Waals surface area (Å²) in [6.45, 7) is 0. The highest BCUT2D eigenvalue weighted by molar-refractivity contribution is 5.79. The number of nitrogens with one attached hydrogen (secondary N) is 1. The van der Waals surface area contributed by atoms with Crippen molar-refractivity contribution >= 4 is 5.91 Å². The maximum Gasteiger partial charge on any atom is 0.223 e. The minimum atomic E-state index is 0.224. The van der Waals surface area contributed by atoms with Gasteiger partial charge in [0.1, 0.15) is 0 Å². The van der Waals surface area contributed by atoms with E-state index in [0.29, 0.717) is 11.8 Å². The van der Waals surface area contributed by atoms with E-state index in [-0.39, 0.29) is 11.8 Å². The normalized spacial score (nSPS) is 39.5. The van der Waals surface area contributed by atoms with Gasteiger partial charge in [-0.2, -0.15) is 0 Å². The van der Waals surface area contributed by atoms with Gasteiger partial charge in [-0.05, 0) is 24.7 Å². The summed E-state index contributed by atoms with van der Waals surface area (Å²) < 4.78 is 0. The van der Waals surface area contributed by atoms with Crippen molar-refractivity contribution in [3.8, 4) is 0 Å². The highest BCUT2D eigenvalue weighted by atomic mass is 16.1. The minimum Gasteiger partial charge on any atom is -0.359 e. The summed E-state index contributed by atoms with van der Waals surface area (Å²) in [5, 5.41) is 2.72. The van der Waals surface area contributed by atoms with Gasteiger partial charge in [0.05, 0.1) is 0 Å². The Bertz CT molecular complexity index is 210. The monoisotopic (exact) mass is 151 g/mol. The summed E-state index contributed by atoms with van der Waals surface area (Å²) in [5.74, 6) is 1.74. The lowest BCUT2D eigenvalue weighted by Gasteiger charge is -2.15. The molecule has 1 N–H and O–H groups in total. The third-order valence-corrected chi connectivity index (χ3v) is 2.86. The summed E-state index contributed by atoms with van der Waals surface area (Å²) >= 11 is 0. The van der Waals surface area contributed by atoms with E-state index in [0.717, 1.165) is 6.42 Å². The third-order valence-electron chi connectivity index (χ3n) is 2.86. The average molecular weight is 151 g/mol. The van der Waals surface area contributed by atoms with Gasteiger partial charge in [-0.25, -0.2) is 0 Å². The Balaban J connectivity index is 2.08. The van der Waals surface area contributed by atoms with Gasteiger partial charge in [-0.15, -0.1) is 0 Å². The fourth-order valence-electron chi connectivity index (χ4n) is 2.27. The van der Waals surface area contributed by atoms with E-state index >= 15 is 0 Å². The Morgan fingerprint density at radius 1 is 1.45 bits per heavy atom. The molecule has 0 aromatic rings. The molecule has 2 rings (SSSR count). The van der Waals surface area contributed by atoms with Gasteiger partial charge in [0.15, 0.2) is 0 Å². The van der Waals surface area contributed by atoms with E-state index in [4.69, 9.17) is 0 Å². The summed E-state index contributed by atoms with van der Waals surface area (Å²) in [7, 11) is 1.72. The molecule has 2 aliphatic carbocycles. The molecule has 0 aliphatic heterocycles. The molecule has 0 saturated heterocycles. The number of allylic oxidation sites excluding steroid dienone is 2. The van der Waals surface area contributed by atoms with E-state index in [2.05, 4.69) is 17.5 Å². The lowest BCUT2D eigenvalue weighted by atomic mass is 9.93. The number of carbonyl (C=O) groups excluding carboxylic acids is 1. The molecule has 0 heterocycles. The Morgan fingerprint density at radius 3 is 2.73 bits per heavy atom.